The van der Waals surface area contributed by atoms with E-state index in [0.29, 0.717) is 5.92 Å². The van der Waals surface area contributed by atoms with Crippen LogP contribution in [0.1, 0.15) is 22.6 Å². The average Bonchev–Trinajstić information content (AvgIpc) is 2.51. The monoisotopic (exact) mass is 271 g/mol. The zero-order valence-corrected chi connectivity index (χ0v) is 12.5. The van der Waals surface area contributed by atoms with E-state index in [2.05, 4.69) is 91.0 Å². The lowest BCUT2D eigenvalue weighted by atomic mass is 9.85. The van der Waals surface area contributed by atoms with Crippen LogP contribution in [0.25, 0.3) is 0 Å². The SMILES string of the molecule is [Al].c1ccc(C(c2ccccc2)c2ccccc2)cc1. The summed E-state index contributed by atoms with van der Waals surface area (Å²) in [4.78, 5) is 0. The Hall–Kier alpha value is -1.81. The van der Waals surface area contributed by atoms with E-state index >= 15 is 0 Å². The van der Waals surface area contributed by atoms with E-state index in [9.17, 15) is 0 Å². The molecular weight excluding hydrogens is 255 g/mol. The second kappa shape index (κ2) is 7.10. The summed E-state index contributed by atoms with van der Waals surface area (Å²) in [6.07, 6.45) is 0. The molecular formula is C19H16Al. The van der Waals surface area contributed by atoms with Gasteiger partial charge in [0.25, 0.3) is 0 Å². The molecule has 0 saturated carbocycles. The van der Waals surface area contributed by atoms with Crippen molar-refractivity contribution in [2.24, 2.45) is 0 Å². The van der Waals surface area contributed by atoms with Crippen molar-refractivity contribution in [1.29, 1.82) is 0 Å². The van der Waals surface area contributed by atoms with Crippen molar-refractivity contribution in [2.75, 3.05) is 0 Å². The second-order valence-corrected chi connectivity index (χ2v) is 4.67. The van der Waals surface area contributed by atoms with Crippen LogP contribution in [-0.4, -0.2) is 17.4 Å². The molecule has 95 valence electrons. The summed E-state index contributed by atoms with van der Waals surface area (Å²) >= 11 is 0. The minimum Gasteiger partial charge on any atom is -0.0622 e. The quantitative estimate of drug-likeness (QED) is 0.486. The molecule has 0 aromatic heterocycles. The van der Waals surface area contributed by atoms with Gasteiger partial charge in [0.15, 0.2) is 0 Å². The van der Waals surface area contributed by atoms with E-state index in [-0.39, 0.29) is 17.4 Å². The number of hydrogen-bond donors (Lipinski definition) is 0. The maximum absolute atomic E-state index is 2.20. The number of rotatable bonds is 3. The van der Waals surface area contributed by atoms with Gasteiger partial charge in [0.2, 0.25) is 0 Å². The summed E-state index contributed by atoms with van der Waals surface area (Å²) < 4.78 is 0. The highest BCUT2D eigenvalue weighted by Gasteiger charge is 2.15. The Kier molecular flexibility index (Phi) is 5.18. The van der Waals surface area contributed by atoms with Gasteiger partial charge >= 0.3 is 0 Å². The topological polar surface area (TPSA) is 0 Å². The molecule has 0 spiro atoms. The highest BCUT2D eigenvalue weighted by atomic mass is 27.0. The van der Waals surface area contributed by atoms with Crippen molar-refractivity contribution in [3.63, 3.8) is 0 Å². The summed E-state index contributed by atoms with van der Waals surface area (Å²) in [6, 6.07) is 32.0. The van der Waals surface area contributed by atoms with Crippen molar-refractivity contribution in [3.8, 4) is 0 Å². The van der Waals surface area contributed by atoms with Crippen molar-refractivity contribution >= 4 is 17.4 Å². The maximum atomic E-state index is 2.20. The molecule has 0 atom stereocenters. The molecule has 0 bridgehead atoms. The van der Waals surface area contributed by atoms with Gasteiger partial charge in [-0.05, 0) is 16.7 Å². The standard InChI is InChI=1S/C19H16.Al/c1-4-10-16(11-5-1)19(17-12-6-2-7-13-17)18-14-8-3-9-15-18;/h1-15,19H;. The number of benzene rings is 3. The second-order valence-electron chi connectivity index (χ2n) is 4.67. The van der Waals surface area contributed by atoms with E-state index in [1.165, 1.54) is 16.7 Å². The Morgan fingerprint density at radius 2 is 0.650 bits per heavy atom. The fourth-order valence-electron chi connectivity index (χ4n) is 2.51. The van der Waals surface area contributed by atoms with Crippen LogP contribution >= 0.6 is 0 Å². The van der Waals surface area contributed by atoms with E-state index in [0.717, 1.165) is 0 Å². The molecule has 3 aromatic carbocycles. The lowest BCUT2D eigenvalue weighted by Gasteiger charge is -2.18. The van der Waals surface area contributed by atoms with Gasteiger partial charge in [-0.1, -0.05) is 91.0 Å². The molecule has 3 aromatic rings. The Balaban J connectivity index is 0.00000147. The molecule has 0 aliphatic rings. The fourth-order valence-corrected chi connectivity index (χ4v) is 2.51. The molecule has 0 fully saturated rings. The Labute approximate surface area is 131 Å². The van der Waals surface area contributed by atoms with Gasteiger partial charge in [-0.2, -0.15) is 0 Å². The highest BCUT2D eigenvalue weighted by molar-refractivity contribution is 5.75. The third kappa shape index (κ3) is 3.20. The maximum Gasteiger partial charge on any atom is 0.0339 e. The fraction of sp³-hybridized carbons (Fsp3) is 0.0526. The average molecular weight is 271 g/mol. The molecule has 20 heavy (non-hydrogen) atoms. The molecule has 1 heteroatoms. The molecule has 3 rings (SSSR count). The molecule has 0 unspecified atom stereocenters. The van der Waals surface area contributed by atoms with Crippen LogP contribution < -0.4 is 0 Å². The minimum atomic E-state index is 0. The van der Waals surface area contributed by atoms with Crippen molar-refractivity contribution in [1.82, 2.24) is 0 Å². The summed E-state index contributed by atoms with van der Waals surface area (Å²) in [7, 11) is 0. The predicted octanol–water partition coefficient (Wildman–Crippen LogP) is 4.49. The van der Waals surface area contributed by atoms with E-state index < -0.39 is 0 Å². The summed E-state index contributed by atoms with van der Waals surface area (Å²) in [5, 5.41) is 0. The third-order valence-electron chi connectivity index (χ3n) is 3.40. The van der Waals surface area contributed by atoms with Crippen LogP contribution in [0.3, 0.4) is 0 Å². The zero-order valence-electron chi connectivity index (χ0n) is 11.3. The van der Waals surface area contributed by atoms with Crippen molar-refractivity contribution in [2.45, 2.75) is 5.92 Å². The van der Waals surface area contributed by atoms with E-state index in [4.69, 9.17) is 0 Å². The molecule has 0 nitrogen and oxygen atoms in total. The van der Waals surface area contributed by atoms with Crippen LogP contribution in [0.2, 0.25) is 0 Å². The van der Waals surface area contributed by atoms with Gasteiger partial charge in [0.1, 0.15) is 0 Å². The lowest BCUT2D eigenvalue weighted by Crippen LogP contribution is -2.02. The molecule has 0 aliphatic carbocycles. The van der Waals surface area contributed by atoms with E-state index in [1.807, 2.05) is 0 Å². The first-order valence-electron chi connectivity index (χ1n) is 6.60. The van der Waals surface area contributed by atoms with E-state index in [1.54, 1.807) is 0 Å². The van der Waals surface area contributed by atoms with Crippen LogP contribution in [0.4, 0.5) is 0 Å². The first kappa shape index (κ1) is 14.6. The Morgan fingerprint density at radius 1 is 0.400 bits per heavy atom. The normalized spacial score (nSPS) is 10.1. The first-order valence-corrected chi connectivity index (χ1v) is 6.60. The molecule has 3 radical (unpaired) electrons. The van der Waals surface area contributed by atoms with Gasteiger partial charge in [-0.15, -0.1) is 0 Å². The molecule has 0 N–H and O–H groups in total. The summed E-state index contributed by atoms with van der Waals surface area (Å²) in [6.45, 7) is 0. The predicted molar refractivity (Wildman–Crippen MR) is 86.0 cm³/mol. The van der Waals surface area contributed by atoms with Crippen molar-refractivity contribution < 1.29 is 0 Å². The third-order valence-corrected chi connectivity index (χ3v) is 3.40. The Bertz CT molecular complexity index is 524. The van der Waals surface area contributed by atoms with Crippen LogP contribution in [0.15, 0.2) is 91.0 Å². The van der Waals surface area contributed by atoms with Gasteiger partial charge in [0.05, 0.1) is 0 Å². The van der Waals surface area contributed by atoms with Gasteiger partial charge < -0.3 is 0 Å². The summed E-state index contributed by atoms with van der Waals surface area (Å²) in [5.41, 5.74) is 4.00. The number of hydrogen-bond acceptors (Lipinski definition) is 0. The lowest BCUT2D eigenvalue weighted by molar-refractivity contribution is 0.977. The van der Waals surface area contributed by atoms with Gasteiger partial charge in [0, 0.05) is 23.3 Å². The molecule has 0 amide bonds. The highest BCUT2D eigenvalue weighted by Crippen LogP contribution is 2.31. The Morgan fingerprint density at radius 3 is 0.900 bits per heavy atom. The molecule has 0 aliphatic heterocycles. The smallest absolute Gasteiger partial charge is 0.0339 e. The van der Waals surface area contributed by atoms with Crippen LogP contribution in [-0.2, 0) is 0 Å². The molecule has 0 heterocycles. The zero-order chi connectivity index (χ0) is 12.9. The molecule has 0 saturated heterocycles. The largest absolute Gasteiger partial charge is 0.0622 e. The van der Waals surface area contributed by atoms with Crippen molar-refractivity contribution in [3.05, 3.63) is 108 Å². The van der Waals surface area contributed by atoms with Crippen LogP contribution in [0, 0.1) is 0 Å². The summed E-state index contributed by atoms with van der Waals surface area (Å²) in [5.74, 6) is 0.309. The van der Waals surface area contributed by atoms with Gasteiger partial charge in [-0.25, -0.2) is 0 Å². The van der Waals surface area contributed by atoms with Crippen LogP contribution in [0.5, 0.6) is 0 Å². The first-order chi connectivity index (χ1) is 9.45. The minimum absolute atomic E-state index is 0. The van der Waals surface area contributed by atoms with Gasteiger partial charge in [-0.3, -0.25) is 0 Å².